The molecule has 0 saturated carbocycles. The van der Waals surface area contributed by atoms with E-state index in [4.69, 9.17) is 11.6 Å². The maximum atomic E-state index is 6.08. The van der Waals surface area contributed by atoms with Crippen LogP contribution in [0.5, 0.6) is 0 Å². The minimum absolute atomic E-state index is 0.551. The first kappa shape index (κ1) is 18.0. The fraction of sp³-hybridized carbons (Fsp3) is 0.412. The lowest BCUT2D eigenvalue weighted by Gasteiger charge is -2.07. The van der Waals surface area contributed by atoms with Crippen molar-refractivity contribution in [3.05, 3.63) is 51.3 Å². The topological polar surface area (TPSA) is 25.8 Å². The van der Waals surface area contributed by atoms with Gasteiger partial charge < -0.3 is 0 Å². The molecule has 0 fully saturated rings. The van der Waals surface area contributed by atoms with E-state index >= 15 is 0 Å². The third-order valence-electron chi connectivity index (χ3n) is 3.25. The van der Waals surface area contributed by atoms with E-state index in [-0.39, 0.29) is 0 Å². The van der Waals surface area contributed by atoms with Gasteiger partial charge in [-0.05, 0) is 44.4 Å². The van der Waals surface area contributed by atoms with Gasteiger partial charge in [0, 0.05) is 17.0 Å². The number of thioether (sulfide) groups is 1. The summed E-state index contributed by atoms with van der Waals surface area (Å²) >= 11 is 7.70. The first-order valence-corrected chi connectivity index (χ1v) is 8.53. The number of halogens is 1. The Labute approximate surface area is 137 Å². The largest absolute Gasteiger partial charge is 0.228 e. The molecule has 1 aromatic carbocycles. The summed E-state index contributed by atoms with van der Waals surface area (Å²) in [7, 11) is 0. The van der Waals surface area contributed by atoms with Crippen LogP contribution in [0.25, 0.3) is 0 Å². The molecule has 0 saturated heterocycles. The van der Waals surface area contributed by atoms with E-state index in [9.17, 15) is 0 Å². The van der Waals surface area contributed by atoms with Crippen molar-refractivity contribution in [3.8, 4) is 0 Å². The van der Waals surface area contributed by atoms with Gasteiger partial charge in [0.15, 0.2) is 5.16 Å². The number of benzene rings is 1. The van der Waals surface area contributed by atoms with Gasteiger partial charge in [0.25, 0.3) is 0 Å². The fourth-order valence-electron chi connectivity index (χ4n) is 1.68. The summed E-state index contributed by atoms with van der Waals surface area (Å²) in [5.41, 5.74) is 5.82. The summed E-state index contributed by atoms with van der Waals surface area (Å²) in [6.45, 7) is 12.2. The van der Waals surface area contributed by atoms with Crippen LogP contribution in [0.3, 0.4) is 0 Å². The van der Waals surface area contributed by atoms with E-state index in [1.807, 2.05) is 27.7 Å². The van der Waals surface area contributed by atoms with Crippen LogP contribution < -0.4 is 0 Å². The fourth-order valence-corrected chi connectivity index (χ4v) is 2.77. The molecule has 0 aliphatic rings. The molecule has 114 valence electrons. The van der Waals surface area contributed by atoms with Crippen molar-refractivity contribution < 1.29 is 0 Å². The average Bonchev–Trinajstić information content (AvgIpc) is 2.48. The van der Waals surface area contributed by atoms with Gasteiger partial charge in [0.1, 0.15) is 5.15 Å². The molecule has 4 heteroatoms. The quantitative estimate of drug-likeness (QED) is 0.413. The van der Waals surface area contributed by atoms with Gasteiger partial charge in [-0.15, -0.1) is 0 Å². The van der Waals surface area contributed by atoms with E-state index in [1.54, 1.807) is 11.8 Å². The monoisotopic (exact) mass is 322 g/mol. The van der Waals surface area contributed by atoms with Crippen LogP contribution in [-0.4, -0.2) is 9.97 Å². The first-order valence-electron chi connectivity index (χ1n) is 7.17. The lowest BCUT2D eigenvalue weighted by atomic mass is 10.1. The Morgan fingerprint density at radius 2 is 1.67 bits per heavy atom. The number of hydrogen-bond donors (Lipinski definition) is 0. The Morgan fingerprint density at radius 3 is 2.24 bits per heavy atom. The van der Waals surface area contributed by atoms with Gasteiger partial charge in [-0.3, -0.25) is 0 Å². The van der Waals surface area contributed by atoms with Gasteiger partial charge in [0.05, 0.1) is 0 Å². The molecule has 2 aromatic rings. The molecule has 21 heavy (non-hydrogen) atoms. The standard InChI is InChI=1S/C15H17ClN2S.C2H6/c1-9-5-6-13(7-10(9)2)8-19-15-17-12(4)11(3)14(16)18-15;1-2/h5-7H,8H2,1-4H3;1-2H3. The maximum Gasteiger partial charge on any atom is 0.189 e. The lowest BCUT2D eigenvalue weighted by Crippen LogP contribution is -1.95. The molecule has 1 heterocycles. The highest BCUT2D eigenvalue weighted by atomic mass is 35.5. The molecule has 0 radical (unpaired) electrons. The van der Waals surface area contributed by atoms with Crippen molar-refractivity contribution in [1.29, 1.82) is 0 Å². The lowest BCUT2D eigenvalue weighted by molar-refractivity contribution is 0.913. The number of nitrogens with zero attached hydrogens (tertiary/aromatic N) is 2. The molecule has 0 unspecified atom stereocenters. The molecular weight excluding hydrogens is 300 g/mol. The molecule has 0 aliphatic heterocycles. The Bertz CT molecular complexity index is 589. The Balaban J connectivity index is 0.00000106. The average molecular weight is 323 g/mol. The highest BCUT2D eigenvalue weighted by molar-refractivity contribution is 7.98. The molecule has 0 N–H and O–H groups in total. The van der Waals surface area contributed by atoms with E-state index in [2.05, 4.69) is 42.0 Å². The highest BCUT2D eigenvalue weighted by Gasteiger charge is 2.07. The second-order valence-electron chi connectivity index (χ2n) is 4.71. The van der Waals surface area contributed by atoms with Crippen molar-refractivity contribution in [2.45, 2.75) is 52.5 Å². The second kappa shape index (κ2) is 8.40. The molecule has 0 amide bonds. The predicted molar refractivity (Wildman–Crippen MR) is 93.3 cm³/mol. The van der Waals surface area contributed by atoms with E-state index < -0.39 is 0 Å². The maximum absolute atomic E-state index is 6.08. The number of aryl methyl sites for hydroxylation is 3. The van der Waals surface area contributed by atoms with Crippen LogP contribution in [0, 0.1) is 27.7 Å². The number of hydrogen-bond acceptors (Lipinski definition) is 3. The molecule has 0 atom stereocenters. The van der Waals surface area contributed by atoms with Crippen molar-refractivity contribution in [3.63, 3.8) is 0 Å². The molecular formula is C17H23ClN2S. The molecule has 0 aliphatic carbocycles. The van der Waals surface area contributed by atoms with Crippen LogP contribution >= 0.6 is 23.4 Å². The third kappa shape index (κ3) is 5.01. The summed E-state index contributed by atoms with van der Waals surface area (Å²) in [4.78, 5) is 8.76. The van der Waals surface area contributed by atoms with E-state index in [0.717, 1.165) is 22.2 Å². The van der Waals surface area contributed by atoms with E-state index in [0.29, 0.717) is 5.15 Å². The van der Waals surface area contributed by atoms with Crippen LogP contribution in [-0.2, 0) is 5.75 Å². The van der Waals surface area contributed by atoms with Gasteiger partial charge in [-0.25, -0.2) is 9.97 Å². The zero-order chi connectivity index (χ0) is 16.0. The van der Waals surface area contributed by atoms with Crippen molar-refractivity contribution in [2.24, 2.45) is 0 Å². The molecule has 0 bridgehead atoms. The Morgan fingerprint density at radius 1 is 1.00 bits per heavy atom. The Hall–Kier alpha value is -1.06. The number of aromatic nitrogens is 2. The summed E-state index contributed by atoms with van der Waals surface area (Å²) in [5.74, 6) is 0.861. The van der Waals surface area contributed by atoms with Crippen LogP contribution in [0.1, 0.15) is 41.8 Å². The summed E-state index contributed by atoms with van der Waals surface area (Å²) < 4.78 is 0. The predicted octanol–water partition coefficient (Wildman–Crippen LogP) is 5.68. The highest BCUT2D eigenvalue weighted by Crippen LogP contribution is 2.24. The minimum atomic E-state index is 0.551. The summed E-state index contributed by atoms with van der Waals surface area (Å²) in [6.07, 6.45) is 0. The molecule has 2 nitrogen and oxygen atoms in total. The van der Waals surface area contributed by atoms with Crippen LogP contribution in [0.15, 0.2) is 23.4 Å². The minimum Gasteiger partial charge on any atom is -0.228 e. The molecule has 1 aromatic heterocycles. The smallest absolute Gasteiger partial charge is 0.189 e. The zero-order valence-corrected chi connectivity index (χ0v) is 15.2. The van der Waals surface area contributed by atoms with Crippen molar-refractivity contribution >= 4 is 23.4 Å². The van der Waals surface area contributed by atoms with Crippen molar-refractivity contribution in [1.82, 2.24) is 9.97 Å². The van der Waals surface area contributed by atoms with Gasteiger partial charge in [-0.1, -0.05) is 55.4 Å². The Kier molecular flexibility index (Phi) is 7.20. The molecule has 0 spiro atoms. The number of rotatable bonds is 3. The molecule has 2 rings (SSSR count). The normalized spacial score (nSPS) is 10.0. The summed E-state index contributed by atoms with van der Waals surface area (Å²) in [5, 5.41) is 1.29. The summed E-state index contributed by atoms with van der Waals surface area (Å²) in [6, 6.07) is 6.52. The SMILES string of the molecule is CC.Cc1ccc(CSc2nc(C)c(C)c(Cl)n2)cc1C. The van der Waals surface area contributed by atoms with Crippen LogP contribution in [0.2, 0.25) is 5.15 Å². The first-order chi connectivity index (χ1) is 9.97. The van der Waals surface area contributed by atoms with Gasteiger partial charge >= 0.3 is 0 Å². The third-order valence-corrected chi connectivity index (χ3v) is 4.53. The zero-order valence-electron chi connectivity index (χ0n) is 13.6. The van der Waals surface area contributed by atoms with Gasteiger partial charge in [0.2, 0.25) is 0 Å². The van der Waals surface area contributed by atoms with Crippen LogP contribution in [0.4, 0.5) is 0 Å². The van der Waals surface area contributed by atoms with E-state index in [1.165, 1.54) is 16.7 Å². The second-order valence-corrected chi connectivity index (χ2v) is 6.02. The van der Waals surface area contributed by atoms with Gasteiger partial charge in [-0.2, -0.15) is 0 Å². The van der Waals surface area contributed by atoms with Crippen molar-refractivity contribution in [2.75, 3.05) is 0 Å².